The normalized spacial score (nSPS) is 12.2. The maximum Gasteiger partial charge on any atom is 0.160 e. The van der Waals surface area contributed by atoms with Crippen LogP contribution in [-0.4, -0.2) is 20.8 Å². The number of rotatable bonds is 6. The van der Waals surface area contributed by atoms with Gasteiger partial charge in [-0.2, -0.15) is 0 Å². The SMILES string of the molecule is COc1ccc(C(CN)Cc2sccc2C)cc1OC. The summed E-state index contributed by atoms with van der Waals surface area (Å²) in [5.74, 6) is 1.80. The van der Waals surface area contributed by atoms with Crippen LogP contribution in [0.1, 0.15) is 21.9 Å². The Kier molecular flexibility index (Phi) is 5.04. The summed E-state index contributed by atoms with van der Waals surface area (Å²) in [5.41, 5.74) is 8.50. The lowest BCUT2D eigenvalue weighted by molar-refractivity contribution is 0.354. The fraction of sp³-hybridized carbons (Fsp3) is 0.375. The van der Waals surface area contributed by atoms with E-state index in [4.69, 9.17) is 15.2 Å². The van der Waals surface area contributed by atoms with E-state index < -0.39 is 0 Å². The fourth-order valence-electron chi connectivity index (χ4n) is 2.28. The molecule has 0 fully saturated rings. The van der Waals surface area contributed by atoms with E-state index in [0.29, 0.717) is 12.5 Å². The lowest BCUT2D eigenvalue weighted by Gasteiger charge is -2.17. The molecule has 0 radical (unpaired) electrons. The summed E-state index contributed by atoms with van der Waals surface area (Å²) in [6.45, 7) is 2.76. The molecule has 0 bridgehead atoms. The Balaban J connectivity index is 2.25. The molecule has 0 aliphatic carbocycles. The zero-order chi connectivity index (χ0) is 14.5. The van der Waals surface area contributed by atoms with Crippen molar-refractivity contribution in [2.45, 2.75) is 19.3 Å². The molecule has 2 N–H and O–H groups in total. The number of aryl methyl sites for hydroxylation is 1. The van der Waals surface area contributed by atoms with Gasteiger partial charge in [-0.05, 0) is 54.6 Å². The van der Waals surface area contributed by atoms with Crippen molar-refractivity contribution in [2.24, 2.45) is 5.73 Å². The Hall–Kier alpha value is -1.52. The minimum Gasteiger partial charge on any atom is -0.493 e. The van der Waals surface area contributed by atoms with E-state index in [-0.39, 0.29) is 0 Å². The van der Waals surface area contributed by atoms with E-state index in [0.717, 1.165) is 17.9 Å². The second-order valence-corrected chi connectivity index (χ2v) is 5.78. The maximum absolute atomic E-state index is 5.97. The maximum atomic E-state index is 5.97. The van der Waals surface area contributed by atoms with Crippen molar-refractivity contribution in [1.82, 2.24) is 0 Å². The van der Waals surface area contributed by atoms with Gasteiger partial charge in [-0.3, -0.25) is 0 Å². The van der Waals surface area contributed by atoms with Crippen molar-refractivity contribution < 1.29 is 9.47 Å². The molecule has 3 nitrogen and oxygen atoms in total. The van der Waals surface area contributed by atoms with E-state index in [2.05, 4.69) is 24.4 Å². The number of methoxy groups -OCH3 is 2. The van der Waals surface area contributed by atoms with E-state index in [1.54, 1.807) is 25.6 Å². The molecule has 0 spiro atoms. The molecule has 2 rings (SSSR count). The summed E-state index contributed by atoms with van der Waals surface area (Å²) in [6, 6.07) is 8.20. The van der Waals surface area contributed by atoms with Gasteiger partial charge < -0.3 is 15.2 Å². The van der Waals surface area contributed by atoms with E-state index in [1.807, 2.05) is 12.1 Å². The number of hydrogen-bond donors (Lipinski definition) is 1. The monoisotopic (exact) mass is 291 g/mol. The van der Waals surface area contributed by atoms with E-state index in [1.165, 1.54) is 16.0 Å². The Morgan fingerprint density at radius 3 is 2.45 bits per heavy atom. The highest BCUT2D eigenvalue weighted by atomic mass is 32.1. The van der Waals surface area contributed by atoms with E-state index in [9.17, 15) is 0 Å². The van der Waals surface area contributed by atoms with Crippen molar-refractivity contribution >= 4 is 11.3 Å². The van der Waals surface area contributed by atoms with Crippen molar-refractivity contribution in [3.8, 4) is 11.5 Å². The summed E-state index contributed by atoms with van der Waals surface area (Å²) in [6.07, 6.45) is 0.968. The van der Waals surface area contributed by atoms with Crippen molar-refractivity contribution in [3.05, 3.63) is 45.6 Å². The molecule has 1 heterocycles. The zero-order valence-electron chi connectivity index (χ0n) is 12.2. The predicted molar refractivity (Wildman–Crippen MR) is 84.1 cm³/mol. The number of benzene rings is 1. The molecule has 1 aromatic heterocycles. The molecule has 2 aromatic rings. The summed E-state index contributed by atoms with van der Waals surface area (Å²) in [7, 11) is 3.30. The van der Waals surface area contributed by atoms with Crippen molar-refractivity contribution in [2.75, 3.05) is 20.8 Å². The largest absolute Gasteiger partial charge is 0.493 e. The molecule has 0 aliphatic rings. The Morgan fingerprint density at radius 2 is 1.90 bits per heavy atom. The van der Waals surface area contributed by atoms with Crippen LogP contribution < -0.4 is 15.2 Å². The van der Waals surface area contributed by atoms with Gasteiger partial charge in [0.25, 0.3) is 0 Å². The van der Waals surface area contributed by atoms with Gasteiger partial charge in [-0.25, -0.2) is 0 Å². The third-order valence-corrected chi connectivity index (χ3v) is 4.61. The highest BCUT2D eigenvalue weighted by Crippen LogP contribution is 2.32. The van der Waals surface area contributed by atoms with Crippen LogP contribution in [0.2, 0.25) is 0 Å². The number of nitrogens with two attached hydrogens (primary N) is 1. The van der Waals surface area contributed by atoms with Crippen LogP contribution in [0.5, 0.6) is 11.5 Å². The van der Waals surface area contributed by atoms with Crippen molar-refractivity contribution in [1.29, 1.82) is 0 Å². The topological polar surface area (TPSA) is 44.5 Å². The molecule has 108 valence electrons. The smallest absolute Gasteiger partial charge is 0.160 e. The van der Waals surface area contributed by atoms with Crippen molar-refractivity contribution in [3.63, 3.8) is 0 Å². The summed E-state index contributed by atoms with van der Waals surface area (Å²) < 4.78 is 10.6. The zero-order valence-corrected chi connectivity index (χ0v) is 13.0. The Bertz CT molecular complexity index is 565. The van der Waals surface area contributed by atoms with Gasteiger partial charge in [0.1, 0.15) is 0 Å². The number of thiophene rings is 1. The molecule has 1 unspecified atom stereocenters. The predicted octanol–water partition coefficient (Wildman–Crippen LogP) is 3.36. The van der Waals surface area contributed by atoms with Crippen LogP contribution in [0.25, 0.3) is 0 Å². The van der Waals surface area contributed by atoms with Gasteiger partial charge in [0, 0.05) is 10.8 Å². The lowest BCUT2D eigenvalue weighted by atomic mass is 9.94. The second kappa shape index (κ2) is 6.77. The quantitative estimate of drug-likeness (QED) is 0.887. The summed E-state index contributed by atoms with van der Waals surface area (Å²) >= 11 is 1.79. The molecule has 1 atom stereocenters. The minimum atomic E-state index is 0.298. The average molecular weight is 291 g/mol. The first-order valence-corrected chi connectivity index (χ1v) is 7.52. The fourth-order valence-corrected chi connectivity index (χ4v) is 3.27. The molecule has 4 heteroatoms. The first-order valence-electron chi connectivity index (χ1n) is 6.64. The van der Waals surface area contributed by atoms with Crippen LogP contribution in [0.3, 0.4) is 0 Å². The average Bonchev–Trinajstić information content (AvgIpc) is 2.89. The van der Waals surface area contributed by atoms with Gasteiger partial charge in [0.05, 0.1) is 14.2 Å². The molecule has 0 saturated carbocycles. The van der Waals surface area contributed by atoms with Crippen LogP contribution in [0.4, 0.5) is 0 Å². The molecule has 0 amide bonds. The lowest BCUT2D eigenvalue weighted by Crippen LogP contribution is -2.15. The summed E-state index contributed by atoms with van der Waals surface area (Å²) in [4.78, 5) is 1.40. The Labute approximate surface area is 124 Å². The first-order chi connectivity index (χ1) is 9.69. The molecule has 20 heavy (non-hydrogen) atoms. The van der Waals surface area contributed by atoms with Crippen LogP contribution in [0, 0.1) is 6.92 Å². The van der Waals surface area contributed by atoms with Crippen LogP contribution in [-0.2, 0) is 6.42 Å². The first kappa shape index (κ1) is 14.9. The molecule has 0 saturated heterocycles. The molecule has 1 aromatic carbocycles. The number of hydrogen-bond acceptors (Lipinski definition) is 4. The highest BCUT2D eigenvalue weighted by molar-refractivity contribution is 7.10. The molecular formula is C16H21NO2S. The third kappa shape index (κ3) is 3.14. The molecular weight excluding hydrogens is 270 g/mol. The Morgan fingerprint density at radius 1 is 1.15 bits per heavy atom. The highest BCUT2D eigenvalue weighted by Gasteiger charge is 2.15. The number of ether oxygens (including phenoxy) is 2. The van der Waals surface area contributed by atoms with Gasteiger partial charge in [0.15, 0.2) is 11.5 Å². The van der Waals surface area contributed by atoms with Gasteiger partial charge >= 0.3 is 0 Å². The second-order valence-electron chi connectivity index (χ2n) is 4.78. The minimum absolute atomic E-state index is 0.298. The van der Waals surface area contributed by atoms with Crippen LogP contribution >= 0.6 is 11.3 Å². The van der Waals surface area contributed by atoms with Gasteiger partial charge in [-0.15, -0.1) is 11.3 Å². The summed E-state index contributed by atoms with van der Waals surface area (Å²) in [5, 5.41) is 2.13. The van der Waals surface area contributed by atoms with Crippen LogP contribution in [0.15, 0.2) is 29.6 Å². The standard InChI is InChI=1S/C16H21NO2S/c1-11-6-7-20-16(11)9-13(10-17)12-4-5-14(18-2)15(8-12)19-3/h4-8,13H,9-10,17H2,1-3H3. The molecule has 0 aliphatic heterocycles. The third-order valence-electron chi connectivity index (χ3n) is 3.56. The van der Waals surface area contributed by atoms with Gasteiger partial charge in [0.2, 0.25) is 0 Å². The van der Waals surface area contributed by atoms with E-state index >= 15 is 0 Å². The van der Waals surface area contributed by atoms with Gasteiger partial charge in [-0.1, -0.05) is 6.07 Å².